The number of nitrogens with one attached hydrogen (secondary N) is 1. The molecule has 0 fully saturated rings. The van der Waals surface area contributed by atoms with Gasteiger partial charge in [0.15, 0.2) is 0 Å². The molecule has 0 bridgehead atoms. The quantitative estimate of drug-likeness (QED) is 0.720. The Morgan fingerprint density at radius 1 is 1.37 bits per heavy atom. The van der Waals surface area contributed by atoms with E-state index < -0.39 is 5.97 Å². The average Bonchev–Trinajstić information content (AvgIpc) is 2.41. The number of carboxylic acid groups (broad SMARTS) is 1. The lowest BCUT2D eigenvalue weighted by molar-refractivity contribution is -0.137. The molecular weight excluding hydrogens is 242 g/mol. The monoisotopic (exact) mass is 265 g/mol. The zero-order chi connectivity index (χ0) is 14.1. The maximum Gasteiger partial charge on any atom is 0.305 e. The van der Waals surface area contributed by atoms with Crippen molar-refractivity contribution in [3.8, 4) is 5.75 Å². The van der Waals surface area contributed by atoms with Crippen molar-refractivity contribution in [3.63, 3.8) is 0 Å². The number of benzene rings is 1. The Morgan fingerprint density at radius 3 is 2.79 bits per heavy atom. The van der Waals surface area contributed by atoms with E-state index in [0.29, 0.717) is 6.61 Å². The summed E-state index contributed by atoms with van der Waals surface area (Å²) in [6.07, 6.45) is 2.01. The Hall–Kier alpha value is -1.55. The highest BCUT2D eigenvalue weighted by atomic mass is 16.5. The smallest absolute Gasteiger partial charge is 0.305 e. The first-order chi connectivity index (χ1) is 9.17. The molecule has 0 aliphatic rings. The van der Waals surface area contributed by atoms with Crippen LogP contribution in [-0.2, 0) is 4.79 Å². The van der Waals surface area contributed by atoms with Crippen molar-refractivity contribution in [2.45, 2.75) is 39.2 Å². The summed E-state index contributed by atoms with van der Waals surface area (Å²) in [5, 5.41) is 12.2. The lowest BCUT2D eigenvalue weighted by Crippen LogP contribution is -2.24. The van der Waals surface area contributed by atoms with Crippen LogP contribution >= 0.6 is 0 Å². The van der Waals surface area contributed by atoms with Gasteiger partial charge in [0.2, 0.25) is 0 Å². The van der Waals surface area contributed by atoms with Gasteiger partial charge in [-0.25, -0.2) is 0 Å². The zero-order valence-electron chi connectivity index (χ0n) is 11.7. The van der Waals surface area contributed by atoms with Crippen LogP contribution in [0.5, 0.6) is 5.75 Å². The molecule has 4 nitrogen and oxygen atoms in total. The minimum atomic E-state index is -0.798. The Balaban J connectivity index is 2.78. The topological polar surface area (TPSA) is 58.6 Å². The van der Waals surface area contributed by atoms with Gasteiger partial charge in [-0.1, -0.05) is 26.0 Å². The van der Waals surface area contributed by atoms with Crippen LogP contribution in [-0.4, -0.2) is 24.2 Å². The molecule has 0 saturated carbocycles. The van der Waals surface area contributed by atoms with Gasteiger partial charge in [-0.3, -0.25) is 4.79 Å². The van der Waals surface area contributed by atoms with E-state index in [1.807, 2.05) is 24.3 Å². The average molecular weight is 265 g/mol. The first-order valence-corrected chi connectivity index (χ1v) is 6.85. The van der Waals surface area contributed by atoms with E-state index in [4.69, 9.17) is 9.84 Å². The van der Waals surface area contributed by atoms with Crippen LogP contribution in [0.1, 0.15) is 44.7 Å². The predicted octanol–water partition coefficient (Wildman–Crippen LogP) is 2.99. The van der Waals surface area contributed by atoms with E-state index in [-0.39, 0.29) is 12.5 Å². The number of aliphatic carboxylic acids is 1. The van der Waals surface area contributed by atoms with Gasteiger partial charge < -0.3 is 15.2 Å². The number of carbonyl (C=O) groups is 1. The van der Waals surface area contributed by atoms with E-state index in [2.05, 4.69) is 19.2 Å². The van der Waals surface area contributed by atoms with Gasteiger partial charge in [0.25, 0.3) is 0 Å². The minimum Gasteiger partial charge on any atom is -0.494 e. The molecule has 0 heterocycles. The predicted molar refractivity (Wildman–Crippen MR) is 75.5 cm³/mol. The molecule has 0 spiro atoms. The summed E-state index contributed by atoms with van der Waals surface area (Å²) in [7, 11) is 0. The van der Waals surface area contributed by atoms with Gasteiger partial charge in [0.05, 0.1) is 13.0 Å². The second-order valence-electron chi connectivity index (χ2n) is 4.53. The molecule has 0 radical (unpaired) electrons. The van der Waals surface area contributed by atoms with Gasteiger partial charge >= 0.3 is 5.97 Å². The van der Waals surface area contributed by atoms with Crippen molar-refractivity contribution >= 4 is 5.97 Å². The number of rotatable bonds is 9. The largest absolute Gasteiger partial charge is 0.494 e. The van der Waals surface area contributed by atoms with Gasteiger partial charge in [0, 0.05) is 6.04 Å². The van der Waals surface area contributed by atoms with Crippen molar-refractivity contribution in [2.75, 3.05) is 13.2 Å². The van der Waals surface area contributed by atoms with Crippen LogP contribution in [0.4, 0.5) is 0 Å². The van der Waals surface area contributed by atoms with Crippen molar-refractivity contribution in [3.05, 3.63) is 29.8 Å². The lowest BCUT2D eigenvalue weighted by Gasteiger charge is -2.18. The molecule has 0 aliphatic heterocycles. The third-order valence-corrected chi connectivity index (χ3v) is 2.75. The van der Waals surface area contributed by atoms with Crippen LogP contribution in [0.3, 0.4) is 0 Å². The van der Waals surface area contributed by atoms with E-state index in [0.717, 1.165) is 30.7 Å². The molecule has 106 valence electrons. The maximum absolute atomic E-state index is 10.9. The van der Waals surface area contributed by atoms with E-state index in [9.17, 15) is 4.79 Å². The molecule has 1 atom stereocenters. The standard InChI is InChI=1S/C15H23NO3/c1-3-8-16-14(11-15(17)18)12-6-5-7-13(10-12)19-9-4-2/h5-7,10,14,16H,3-4,8-9,11H2,1-2H3,(H,17,18). The molecule has 0 aromatic heterocycles. The molecule has 0 saturated heterocycles. The van der Waals surface area contributed by atoms with Gasteiger partial charge in [-0.05, 0) is 37.1 Å². The highest BCUT2D eigenvalue weighted by Gasteiger charge is 2.15. The number of hydrogen-bond donors (Lipinski definition) is 2. The normalized spacial score (nSPS) is 12.1. The molecular formula is C15H23NO3. The Labute approximate surface area is 114 Å². The van der Waals surface area contributed by atoms with E-state index in [1.54, 1.807) is 0 Å². The van der Waals surface area contributed by atoms with Crippen LogP contribution in [0.25, 0.3) is 0 Å². The highest BCUT2D eigenvalue weighted by Crippen LogP contribution is 2.22. The van der Waals surface area contributed by atoms with Gasteiger partial charge in [-0.2, -0.15) is 0 Å². The first kappa shape index (κ1) is 15.5. The Morgan fingerprint density at radius 2 is 2.16 bits per heavy atom. The molecule has 2 N–H and O–H groups in total. The summed E-state index contributed by atoms with van der Waals surface area (Å²) in [5.41, 5.74) is 0.962. The number of ether oxygens (including phenoxy) is 1. The third kappa shape index (κ3) is 5.75. The van der Waals surface area contributed by atoms with Gasteiger partial charge in [0.1, 0.15) is 5.75 Å². The van der Waals surface area contributed by atoms with Crippen LogP contribution < -0.4 is 10.1 Å². The zero-order valence-corrected chi connectivity index (χ0v) is 11.7. The summed E-state index contributed by atoms with van der Waals surface area (Å²) in [6.45, 7) is 5.60. The molecule has 0 aliphatic carbocycles. The SMILES string of the molecule is CCCNC(CC(=O)O)c1cccc(OCCC)c1. The fourth-order valence-corrected chi connectivity index (χ4v) is 1.84. The van der Waals surface area contributed by atoms with Crippen molar-refractivity contribution in [1.29, 1.82) is 0 Å². The molecule has 4 heteroatoms. The summed E-state index contributed by atoms with van der Waals surface area (Å²) < 4.78 is 5.58. The molecule has 1 unspecified atom stereocenters. The fraction of sp³-hybridized carbons (Fsp3) is 0.533. The van der Waals surface area contributed by atoms with E-state index >= 15 is 0 Å². The van der Waals surface area contributed by atoms with Crippen LogP contribution in [0.15, 0.2) is 24.3 Å². The highest BCUT2D eigenvalue weighted by molar-refractivity contribution is 5.68. The summed E-state index contributed by atoms with van der Waals surface area (Å²) in [4.78, 5) is 10.9. The number of hydrogen-bond acceptors (Lipinski definition) is 3. The summed E-state index contributed by atoms with van der Waals surface area (Å²) in [5.74, 6) is 0.00141. The maximum atomic E-state index is 10.9. The molecule has 1 aromatic rings. The lowest BCUT2D eigenvalue weighted by atomic mass is 10.0. The minimum absolute atomic E-state index is 0.0806. The third-order valence-electron chi connectivity index (χ3n) is 2.75. The second-order valence-corrected chi connectivity index (χ2v) is 4.53. The van der Waals surface area contributed by atoms with Crippen molar-refractivity contribution in [2.24, 2.45) is 0 Å². The Bertz CT molecular complexity index is 393. The van der Waals surface area contributed by atoms with Gasteiger partial charge in [-0.15, -0.1) is 0 Å². The first-order valence-electron chi connectivity index (χ1n) is 6.85. The van der Waals surface area contributed by atoms with E-state index in [1.165, 1.54) is 0 Å². The van der Waals surface area contributed by atoms with Crippen molar-refractivity contribution in [1.82, 2.24) is 5.32 Å². The Kier molecular flexibility index (Phi) is 6.97. The van der Waals surface area contributed by atoms with Crippen LogP contribution in [0.2, 0.25) is 0 Å². The second kappa shape index (κ2) is 8.53. The summed E-state index contributed by atoms with van der Waals surface area (Å²) in [6, 6.07) is 7.50. The molecule has 1 rings (SSSR count). The fourth-order valence-electron chi connectivity index (χ4n) is 1.84. The van der Waals surface area contributed by atoms with Crippen molar-refractivity contribution < 1.29 is 14.6 Å². The molecule has 1 aromatic carbocycles. The summed E-state index contributed by atoms with van der Waals surface area (Å²) >= 11 is 0. The number of carboxylic acids is 1. The van der Waals surface area contributed by atoms with Crippen LogP contribution in [0, 0.1) is 0 Å². The molecule has 19 heavy (non-hydrogen) atoms. The molecule has 0 amide bonds.